The second-order valence-electron chi connectivity index (χ2n) is 4.20. The molecule has 94 valence electrons. The lowest BCUT2D eigenvalue weighted by Gasteiger charge is -2.21. The van der Waals surface area contributed by atoms with Gasteiger partial charge in [-0.2, -0.15) is 0 Å². The summed E-state index contributed by atoms with van der Waals surface area (Å²) >= 11 is 0. The molecule has 2 aromatic rings. The van der Waals surface area contributed by atoms with Crippen LogP contribution in [0.2, 0.25) is 0 Å². The first-order valence-corrected chi connectivity index (χ1v) is 5.80. The van der Waals surface area contributed by atoms with E-state index in [2.05, 4.69) is 5.32 Å². The quantitative estimate of drug-likeness (QED) is 0.824. The molecule has 1 N–H and O–H groups in total. The Labute approximate surface area is 103 Å². The summed E-state index contributed by atoms with van der Waals surface area (Å²) in [5.41, 5.74) is 0.115. The topological polar surface area (TPSA) is 51.5 Å². The van der Waals surface area contributed by atoms with Gasteiger partial charge in [0.25, 0.3) is 0 Å². The van der Waals surface area contributed by atoms with E-state index in [1.54, 1.807) is 18.2 Å². The third kappa shape index (κ3) is 1.91. The van der Waals surface area contributed by atoms with Crippen molar-refractivity contribution in [3.63, 3.8) is 0 Å². The fourth-order valence-electron chi connectivity index (χ4n) is 2.04. The van der Waals surface area contributed by atoms with Crippen LogP contribution in [0.5, 0.6) is 0 Å². The minimum absolute atomic E-state index is 0.115. The van der Waals surface area contributed by atoms with E-state index in [-0.39, 0.29) is 17.1 Å². The molecule has 1 fully saturated rings. The van der Waals surface area contributed by atoms with Gasteiger partial charge >= 0.3 is 0 Å². The zero-order chi connectivity index (χ0) is 12.5. The van der Waals surface area contributed by atoms with Gasteiger partial charge in [-0.25, -0.2) is 4.39 Å². The standard InChI is InChI=1S/C13H12FNO3/c14-9-3-1-2-8-6-10(18-13(8)9)12(16)11-7-15-4-5-17-11/h1-3,6,11,15H,4-5,7H2. The highest BCUT2D eigenvalue weighted by Gasteiger charge is 2.26. The molecule has 0 aliphatic carbocycles. The van der Waals surface area contributed by atoms with Crippen LogP contribution >= 0.6 is 0 Å². The average Bonchev–Trinajstić information content (AvgIpc) is 2.84. The van der Waals surface area contributed by atoms with Crippen molar-refractivity contribution < 1.29 is 18.3 Å². The Balaban J connectivity index is 1.94. The van der Waals surface area contributed by atoms with Gasteiger partial charge in [0.05, 0.1) is 6.61 Å². The highest BCUT2D eigenvalue weighted by Crippen LogP contribution is 2.23. The molecule has 18 heavy (non-hydrogen) atoms. The number of para-hydroxylation sites is 1. The van der Waals surface area contributed by atoms with Crippen molar-refractivity contribution >= 4 is 16.8 Å². The number of carbonyl (C=O) groups is 1. The molecular formula is C13H12FNO3. The molecule has 0 saturated carbocycles. The first-order valence-electron chi connectivity index (χ1n) is 5.80. The van der Waals surface area contributed by atoms with Gasteiger partial charge in [-0.05, 0) is 12.1 Å². The average molecular weight is 249 g/mol. The summed E-state index contributed by atoms with van der Waals surface area (Å²) in [6, 6.07) is 6.15. The van der Waals surface area contributed by atoms with E-state index in [1.807, 2.05) is 0 Å². The maximum atomic E-state index is 13.5. The number of benzene rings is 1. The monoisotopic (exact) mass is 249 g/mol. The minimum Gasteiger partial charge on any atom is -0.450 e. The number of Topliss-reactive ketones (excluding diaryl/α,β-unsaturated/α-hetero) is 1. The third-order valence-electron chi connectivity index (χ3n) is 2.96. The number of hydrogen-bond donors (Lipinski definition) is 1. The molecule has 0 spiro atoms. The highest BCUT2D eigenvalue weighted by atomic mass is 19.1. The molecule has 4 nitrogen and oxygen atoms in total. The van der Waals surface area contributed by atoms with Gasteiger partial charge < -0.3 is 14.5 Å². The molecule has 1 saturated heterocycles. The summed E-state index contributed by atoms with van der Waals surface area (Å²) in [7, 11) is 0. The number of carbonyl (C=O) groups excluding carboxylic acids is 1. The number of ketones is 1. The summed E-state index contributed by atoms with van der Waals surface area (Å²) in [6.45, 7) is 1.68. The first-order chi connectivity index (χ1) is 8.75. The van der Waals surface area contributed by atoms with Crippen molar-refractivity contribution in [3.05, 3.63) is 35.8 Å². The van der Waals surface area contributed by atoms with Crippen LogP contribution in [0.3, 0.4) is 0 Å². The summed E-state index contributed by atoms with van der Waals surface area (Å²) in [6.07, 6.45) is -0.553. The van der Waals surface area contributed by atoms with Gasteiger partial charge in [0.15, 0.2) is 17.2 Å². The number of hydrogen-bond acceptors (Lipinski definition) is 4. The largest absolute Gasteiger partial charge is 0.450 e. The molecule has 3 rings (SSSR count). The van der Waals surface area contributed by atoms with Crippen LogP contribution in [0.1, 0.15) is 10.6 Å². The summed E-state index contributed by atoms with van der Waals surface area (Å²) in [5, 5.41) is 3.65. The van der Waals surface area contributed by atoms with Gasteiger partial charge in [0.1, 0.15) is 6.10 Å². The van der Waals surface area contributed by atoms with Gasteiger partial charge in [-0.1, -0.05) is 12.1 Å². The first kappa shape index (κ1) is 11.4. The second kappa shape index (κ2) is 4.51. The third-order valence-corrected chi connectivity index (χ3v) is 2.96. The van der Waals surface area contributed by atoms with Crippen molar-refractivity contribution in [2.24, 2.45) is 0 Å². The predicted octanol–water partition coefficient (Wildman–Crippen LogP) is 1.74. The Morgan fingerprint density at radius 3 is 3.06 bits per heavy atom. The van der Waals surface area contributed by atoms with Crippen molar-refractivity contribution in [2.45, 2.75) is 6.10 Å². The number of furan rings is 1. The molecule has 1 aliphatic rings. The number of halogens is 1. The van der Waals surface area contributed by atoms with Gasteiger partial charge in [-0.3, -0.25) is 4.79 Å². The number of rotatable bonds is 2. The summed E-state index contributed by atoms with van der Waals surface area (Å²) in [5.74, 6) is -0.573. The Kier molecular flexibility index (Phi) is 2.85. The van der Waals surface area contributed by atoms with Crippen LogP contribution in [0.15, 0.2) is 28.7 Å². The Bertz CT molecular complexity index is 587. The van der Waals surface area contributed by atoms with Crippen molar-refractivity contribution in [1.82, 2.24) is 5.32 Å². The molecule has 1 aromatic heterocycles. The van der Waals surface area contributed by atoms with Crippen LogP contribution in [0, 0.1) is 5.82 Å². The maximum absolute atomic E-state index is 13.5. The van der Waals surface area contributed by atoms with Crippen LogP contribution in [0.25, 0.3) is 11.0 Å². The van der Waals surface area contributed by atoms with Crippen LogP contribution in [-0.4, -0.2) is 31.6 Å². The zero-order valence-electron chi connectivity index (χ0n) is 9.61. The number of fused-ring (bicyclic) bond motifs is 1. The minimum atomic E-state index is -0.553. The molecule has 0 bridgehead atoms. The SMILES string of the molecule is O=C(c1cc2cccc(F)c2o1)C1CNCCO1. The molecule has 0 amide bonds. The Morgan fingerprint density at radius 1 is 1.44 bits per heavy atom. The Hall–Kier alpha value is -1.72. The lowest BCUT2D eigenvalue weighted by atomic mass is 10.1. The van der Waals surface area contributed by atoms with E-state index in [1.165, 1.54) is 6.07 Å². The van der Waals surface area contributed by atoms with Gasteiger partial charge in [0.2, 0.25) is 5.78 Å². The molecule has 1 aromatic carbocycles. The van der Waals surface area contributed by atoms with Crippen molar-refractivity contribution in [1.29, 1.82) is 0 Å². The lowest BCUT2D eigenvalue weighted by molar-refractivity contribution is 0.0250. The Morgan fingerprint density at radius 2 is 2.33 bits per heavy atom. The number of morpholine rings is 1. The second-order valence-corrected chi connectivity index (χ2v) is 4.20. The summed E-state index contributed by atoms with van der Waals surface area (Å²) in [4.78, 5) is 12.1. The van der Waals surface area contributed by atoms with Crippen LogP contribution in [0.4, 0.5) is 4.39 Å². The van der Waals surface area contributed by atoms with E-state index in [9.17, 15) is 9.18 Å². The van der Waals surface area contributed by atoms with E-state index in [0.717, 1.165) is 6.54 Å². The fourth-order valence-corrected chi connectivity index (χ4v) is 2.04. The van der Waals surface area contributed by atoms with Crippen LogP contribution in [-0.2, 0) is 4.74 Å². The molecule has 0 radical (unpaired) electrons. The van der Waals surface area contributed by atoms with E-state index < -0.39 is 11.9 Å². The molecule has 1 unspecified atom stereocenters. The molecule has 1 atom stereocenters. The van der Waals surface area contributed by atoms with Gasteiger partial charge in [-0.15, -0.1) is 0 Å². The normalized spacial score (nSPS) is 20.2. The maximum Gasteiger partial charge on any atom is 0.227 e. The lowest BCUT2D eigenvalue weighted by Crippen LogP contribution is -2.43. The highest BCUT2D eigenvalue weighted by molar-refractivity contribution is 6.00. The molecule has 5 heteroatoms. The molecular weight excluding hydrogens is 237 g/mol. The smallest absolute Gasteiger partial charge is 0.227 e. The number of nitrogens with one attached hydrogen (secondary N) is 1. The van der Waals surface area contributed by atoms with Crippen molar-refractivity contribution in [2.75, 3.05) is 19.7 Å². The zero-order valence-corrected chi connectivity index (χ0v) is 9.61. The number of ether oxygens (including phenoxy) is 1. The van der Waals surface area contributed by atoms with Crippen molar-refractivity contribution in [3.8, 4) is 0 Å². The van der Waals surface area contributed by atoms with E-state index >= 15 is 0 Å². The van der Waals surface area contributed by atoms with Crippen LogP contribution < -0.4 is 5.32 Å². The fraction of sp³-hybridized carbons (Fsp3) is 0.308. The predicted molar refractivity (Wildman–Crippen MR) is 63.1 cm³/mol. The van der Waals surface area contributed by atoms with E-state index in [4.69, 9.17) is 9.15 Å². The van der Waals surface area contributed by atoms with E-state index in [0.29, 0.717) is 18.5 Å². The molecule has 1 aliphatic heterocycles. The van der Waals surface area contributed by atoms with Gasteiger partial charge in [0, 0.05) is 18.5 Å². The summed E-state index contributed by atoms with van der Waals surface area (Å²) < 4.78 is 24.1. The molecule has 2 heterocycles.